The largest absolute Gasteiger partial charge is 0.507 e. The predicted octanol–water partition coefficient (Wildman–Crippen LogP) is 1.26. The highest BCUT2D eigenvalue weighted by Gasteiger charge is 2.19. The van der Waals surface area contributed by atoms with E-state index >= 15 is 0 Å². The molecule has 2 aromatic rings. The molecule has 1 aromatic carbocycles. The van der Waals surface area contributed by atoms with E-state index in [1.165, 1.54) is 22.9 Å². The quantitative estimate of drug-likeness (QED) is 0.776. The summed E-state index contributed by atoms with van der Waals surface area (Å²) in [6.45, 7) is 1.58. The van der Waals surface area contributed by atoms with Crippen molar-refractivity contribution in [3.63, 3.8) is 0 Å². The van der Waals surface area contributed by atoms with E-state index in [4.69, 9.17) is 5.73 Å². The second kappa shape index (κ2) is 5.76. The zero-order chi connectivity index (χ0) is 15.7. The summed E-state index contributed by atoms with van der Waals surface area (Å²) in [6, 6.07) is 3.55. The molecule has 7 heteroatoms. The first-order chi connectivity index (χ1) is 10.6. The maximum absolute atomic E-state index is 13.4. The highest BCUT2D eigenvalue weighted by molar-refractivity contribution is 5.67. The van der Waals surface area contributed by atoms with Crippen molar-refractivity contribution in [2.24, 2.45) is 0 Å². The SMILES string of the molecule is Nc1nc(-c2cc(F)ccc2O)cn(C2CCCNC2)c1=O. The number of aromatic hydroxyl groups is 1. The molecule has 1 fully saturated rings. The summed E-state index contributed by atoms with van der Waals surface area (Å²) >= 11 is 0. The molecule has 1 unspecified atom stereocenters. The van der Waals surface area contributed by atoms with Gasteiger partial charge in [0.15, 0.2) is 5.82 Å². The first kappa shape index (κ1) is 14.5. The van der Waals surface area contributed by atoms with Gasteiger partial charge in [-0.05, 0) is 37.6 Å². The molecule has 1 saturated heterocycles. The number of aromatic nitrogens is 2. The van der Waals surface area contributed by atoms with Gasteiger partial charge in [0.25, 0.3) is 5.56 Å². The van der Waals surface area contributed by atoms with Crippen LogP contribution < -0.4 is 16.6 Å². The fourth-order valence-electron chi connectivity index (χ4n) is 2.71. The first-order valence-corrected chi connectivity index (χ1v) is 7.14. The second-order valence-electron chi connectivity index (χ2n) is 5.39. The predicted molar refractivity (Wildman–Crippen MR) is 81.1 cm³/mol. The summed E-state index contributed by atoms with van der Waals surface area (Å²) in [4.78, 5) is 16.2. The van der Waals surface area contributed by atoms with Gasteiger partial charge in [-0.2, -0.15) is 0 Å². The molecule has 0 saturated carbocycles. The molecule has 116 valence electrons. The Bertz CT molecular complexity index is 754. The normalized spacial score (nSPS) is 18.3. The lowest BCUT2D eigenvalue weighted by Crippen LogP contribution is -2.37. The van der Waals surface area contributed by atoms with Crippen molar-refractivity contribution >= 4 is 5.82 Å². The summed E-state index contributed by atoms with van der Waals surface area (Å²) in [6.07, 6.45) is 3.34. The lowest BCUT2D eigenvalue weighted by atomic mass is 10.1. The van der Waals surface area contributed by atoms with Gasteiger partial charge in [-0.15, -0.1) is 0 Å². The van der Waals surface area contributed by atoms with Crippen LogP contribution in [-0.4, -0.2) is 27.7 Å². The van der Waals surface area contributed by atoms with Gasteiger partial charge in [0.1, 0.15) is 11.6 Å². The number of nitrogen functional groups attached to an aromatic ring is 1. The Morgan fingerprint density at radius 2 is 2.27 bits per heavy atom. The Kier molecular flexibility index (Phi) is 3.81. The van der Waals surface area contributed by atoms with Gasteiger partial charge in [0, 0.05) is 24.3 Å². The summed E-state index contributed by atoms with van der Waals surface area (Å²) in [5.41, 5.74) is 5.84. The van der Waals surface area contributed by atoms with E-state index < -0.39 is 5.82 Å². The van der Waals surface area contributed by atoms with Gasteiger partial charge >= 0.3 is 0 Å². The number of benzene rings is 1. The minimum Gasteiger partial charge on any atom is -0.507 e. The van der Waals surface area contributed by atoms with Crippen LogP contribution in [0.5, 0.6) is 5.75 Å². The smallest absolute Gasteiger partial charge is 0.293 e. The van der Waals surface area contributed by atoms with Crippen molar-refractivity contribution in [3.8, 4) is 17.0 Å². The number of hydrogen-bond donors (Lipinski definition) is 3. The number of nitrogens with zero attached hydrogens (tertiary/aromatic N) is 2. The molecule has 0 amide bonds. The van der Waals surface area contributed by atoms with E-state index in [0.29, 0.717) is 6.54 Å². The molecular formula is C15H17FN4O2. The van der Waals surface area contributed by atoms with E-state index in [1.807, 2.05) is 0 Å². The van der Waals surface area contributed by atoms with E-state index in [0.717, 1.165) is 25.5 Å². The third-order valence-corrected chi connectivity index (χ3v) is 3.85. The first-order valence-electron chi connectivity index (χ1n) is 7.14. The summed E-state index contributed by atoms with van der Waals surface area (Å²) < 4.78 is 14.9. The van der Waals surface area contributed by atoms with Gasteiger partial charge < -0.3 is 20.7 Å². The van der Waals surface area contributed by atoms with Crippen LogP contribution in [0.4, 0.5) is 10.2 Å². The minimum absolute atomic E-state index is 0.0268. The molecule has 0 aliphatic carbocycles. The van der Waals surface area contributed by atoms with Crippen molar-refractivity contribution < 1.29 is 9.50 Å². The molecular weight excluding hydrogens is 287 g/mol. The number of nitrogens with one attached hydrogen (secondary N) is 1. The highest BCUT2D eigenvalue weighted by Crippen LogP contribution is 2.29. The highest BCUT2D eigenvalue weighted by atomic mass is 19.1. The molecule has 0 spiro atoms. The number of phenolic OH excluding ortho intramolecular Hbond substituents is 1. The maximum Gasteiger partial charge on any atom is 0.293 e. The number of nitrogens with two attached hydrogens (primary N) is 1. The molecule has 2 heterocycles. The molecule has 1 aliphatic rings. The molecule has 0 radical (unpaired) electrons. The Balaban J connectivity index is 2.11. The lowest BCUT2D eigenvalue weighted by molar-refractivity contribution is 0.364. The van der Waals surface area contributed by atoms with Gasteiger partial charge in [-0.3, -0.25) is 4.79 Å². The van der Waals surface area contributed by atoms with Crippen LogP contribution in [0, 0.1) is 5.82 Å². The lowest BCUT2D eigenvalue weighted by Gasteiger charge is -2.25. The van der Waals surface area contributed by atoms with Crippen LogP contribution in [0.15, 0.2) is 29.2 Å². The molecule has 22 heavy (non-hydrogen) atoms. The van der Waals surface area contributed by atoms with Gasteiger partial charge in [0.05, 0.1) is 5.69 Å². The average Bonchev–Trinajstić information content (AvgIpc) is 2.53. The maximum atomic E-state index is 13.4. The van der Waals surface area contributed by atoms with E-state index in [-0.39, 0.29) is 34.4 Å². The fraction of sp³-hybridized carbons (Fsp3) is 0.333. The molecule has 1 aromatic heterocycles. The third kappa shape index (κ3) is 2.67. The van der Waals surface area contributed by atoms with E-state index in [1.54, 1.807) is 0 Å². The Labute approximate surface area is 126 Å². The molecule has 0 bridgehead atoms. The Morgan fingerprint density at radius 1 is 1.45 bits per heavy atom. The van der Waals surface area contributed by atoms with Crippen LogP contribution in [-0.2, 0) is 0 Å². The number of piperidine rings is 1. The van der Waals surface area contributed by atoms with Gasteiger partial charge in [0.2, 0.25) is 0 Å². The molecule has 1 atom stereocenters. The van der Waals surface area contributed by atoms with Crippen LogP contribution in [0.25, 0.3) is 11.3 Å². The molecule has 6 nitrogen and oxygen atoms in total. The number of hydrogen-bond acceptors (Lipinski definition) is 5. The number of halogens is 1. The van der Waals surface area contributed by atoms with Crippen molar-refractivity contribution in [1.82, 2.24) is 14.9 Å². The topological polar surface area (TPSA) is 93.2 Å². The van der Waals surface area contributed by atoms with Gasteiger partial charge in [-0.25, -0.2) is 9.37 Å². The summed E-state index contributed by atoms with van der Waals surface area (Å²) in [5.74, 6) is -0.766. The zero-order valence-corrected chi connectivity index (χ0v) is 11.9. The van der Waals surface area contributed by atoms with Crippen molar-refractivity contribution in [2.45, 2.75) is 18.9 Å². The summed E-state index contributed by atoms with van der Waals surface area (Å²) in [5, 5.41) is 13.1. The van der Waals surface area contributed by atoms with Crippen LogP contribution in [0.3, 0.4) is 0 Å². The van der Waals surface area contributed by atoms with E-state index in [2.05, 4.69) is 10.3 Å². The van der Waals surface area contributed by atoms with Crippen molar-refractivity contribution in [1.29, 1.82) is 0 Å². The van der Waals surface area contributed by atoms with Crippen molar-refractivity contribution in [3.05, 3.63) is 40.6 Å². The number of phenols is 1. The van der Waals surface area contributed by atoms with Crippen LogP contribution in [0.2, 0.25) is 0 Å². The monoisotopic (exact) mass is 304 g/mol. The summed E-state index contributed by atoms with van der Waals surface area (Å²) in [7, 11) is 0. The molecule has 3 rings (SSSR count). The molecule has 4 N–H and O–H groups in total. The third-order valence-electron chi connectivity index (χ3n) is 3.85. The Hall–Kier alpha value is -2.41. The van der Waals surface area contributed by atoms with Gasteiger partial charge in [-0.1, -0.05) is 0 Å². The zero-order valence-electron chi connectivity index (χ0n) is 11.9. The van der Waals surface area contributed by atoms with Crippen LogP contribution in [0.1, 0.15) is 18.9 Å². The Morgan fingerprint density at radius 3 is 3.00 bits per heavy atom. The number of rotatable bonds is 2. The van der Waals surface area contributed by atoms with Crippen molar-refractivity contribution in [2.75, 3.05) is 18.8 Å². The minimum atomic E-state index is -0.495. The van der Waals surface area contributed by atoms with E-state index in [9.17, 15) is 14.3 Å². The fourth-order valence-corrected chi connectivity index (χ4v) is 2.71. The average molecular weight is 304 g/mol. The second-order valence-corrected chi connectivity index (χ2v) is 5.39. The number of anilines is 1. The standard InChI is InChI=1S/C15H17FN4O2/c16-9-3-4-13(21)11(6-9)12-8-20(15(22)14(17)19-12)10-2-1-5-18-7-10/h3-4,6,8,10,18,21H,1-2,5,7H2,(H2,17,19). The molecule has 1 aliphatic heterocycles. The van der Waals surface area contributed by atoms with Crippen LogP contribution >= 0.6 is 0 Å².